The lowest BCUT2D eigenvalue weighted by molar-refractivity contribution is -0.137. The first kappa shape index (κ1) is 32.1. The highest BCUT2D eigenvalue weighted by Crippen LogP contribution is 2.34. The lowest BCUT2D eigenvalue weighted by atomic mass is 9.90. The van der Waals surface area contributed by atoms with Crippen LogP contribution in [0.25, 0.3) is 0 Å². The molecule has 2 atom stereocenters. The van der Waals surface area contributed by atoms with Gasteiger partial charge < -0.3 is 15.8 Å². The van der Waals surface area contributed by atoms with Crippen LogP contribution in [0.1, 0.15) is 52.4 Å². The molecule has 3 aromatic carbocycles. The summed E-state index contributed by atoms with van der Waals surface area (Å²) in [5, 5.41) is 8.95. The molecule has 9 nitrogen and oxygen atoms in total. The van der Waals surface area contributed by atoms with Crippen LogP contribution in [0.4, 0.5) is 23.4 Å². The molecule has 1 aromatic heterocycles. The van der Waals surface area contributed by atoms with E-state index < -0.39 is 35.4 Å². The maximum Gasteiger partial charge on any atom is 0.416 e. The highest BCUT2D eigenvalue weighted by Gasteiger charge is 2.34. The van der Waals surface area contributed by atoms with E-state index in [9.17, 15) is 27.2 Å². The van der Waals surface area contributed by atoms with Crippen LogP contribution >= 0.6 is 0 Å². The lowest BCUT2D eigenvalue weighted by Crippen LogP contribution is -2.48. The molecular formula is C33H30F4N6O3. The fraction of sp³-hybridized carbons (Fsp3) is 0.242. The van der Waals surface area contributed by atoms with Gasteiger partial charge in [0.25, 0.3) is 5.91 Å². The van der Waals surface area contributed by atoms with Crippen LogP contribution in [-0.2, 0) is 17.6 Å². The minimum Gasteiger partial charge on any atom is -0.459 e. The van der Waals surface area contributed by atoms with E-state index in [0.29, 0.717) is 16.8 Å². The SMILES string of the molecule is CC(C)C(NC(=O)c1cnc(OCc2ccc(C(F)(F)F)cc2)nc1N1C[C@H](c2ccccc2)C(c2ccc(F)cc2)=N1)C(N)=O. The van der Waals surface area contributed by atoms with E-state index in [-0.39, 0.29) is 42.4 Å². The van der Waals surface area contributed by atoms with Crippen LogP contribution < -0.4 is 20.8 Å². The molecule has 13 heteroatoms. The van der Waals surface area contributed by atoms with E-state index in [1.54, 1.807) is 26.0 Å². The van der Waals surface area contributed by atoms with Crippen molar-refractivity contribution in [3.05, 3.63) is 119 Å². The Labute approximate surface area is 262 Å². The zero-order chi connectivity index (χ0) is 33.0. The quantitative estimate of drug-likeness (QED) is 0.224. The Hall–Kier alpha value is -5.33. The number of carbonyl (C=O) groups is 2. The molecule has 4 aromatic rings. The Morgan fingerprint density at radius 1 is 1.02 bits per heavy atom. The third-order valence-electron chi connectivity index (χ3n) is 7.40. The molecular weight excluding hydrogens is 604 g/mol. The molecule has 46 heavy (non-hydrogen) atoms. The summed E-state index contributed by atoms with van der Waals surface area (Å²) in [5.41, 5.74) is 7.31. The van der Waals surface area contributed by atoms with E-state index in [2.05, 4.69) is 15.3 Å². The number of rotatable bonds is 10. The number of halogens is 4. The molecule has 1 unspecified atom stereocenters. The van der Waals surface area contributed by atoms with Gasteiger partial charge in [-0.2, -0.15) is 23.3 Å². The van der Waals surface area contributed by atoms with Gasteiger partial charge in [-0.1, -0.05) is 68.4 Å². The average molecular weight is 635 g/mol. The molecule has 5 rings (SSSR count). The van der Waals surface area contributed by atoms with Crippen molar-refractivity contribution >= 4 is 23.3 Å². The molecule has 1 aliphatic heterocycles. The van der Waals surface area contributed by atoms with Crippen LogP contribution in [0.3, 0.4) is 0 Å². The van der Waals surface area contributed by atoms with E-state index in [4.69, 9.17) is 15.6 Å². The molecule has 0 fully saturated rings. The number of hydrazone groups is 1. The summed E-state index contributed by atoms with van der Waals surface area (Å²) < 4.78 is 58.5. The number of nitrogens with zero attached hydrogens (tertiary/aromatic N) is 4. The molecule has 2 amide bonds. The number of nitrogens with two attached hydrogens (primary N) is 1. The zero-order valence-electron chi connectivity index (χ0n) is 24.8. The first-order valence-electron chi connectivity index (χ1n) is 14.3. The predicted molar refractivity (Wildman–Crippen MR) is 163 cm³/mol. The minimum atomic E-state index is -4.47. The normalized spacial score (nSPS) is 15.4. The van der Waals surface area contributed by atoms with Crippen LogP contribution in [0.2, 0.25) is 0 Å². The predicted octanol–water partition coefficient (Wildman–Crippen LogP) is 5.46. The average Bonchev–Trinajstić information content (AvgIpc) is 3.48. The van der Waals surface area contributed by atoms with Gasteiger partial charge in [0.15, 0.2) is 5.82 Å². The molecule has 0 spiro atoms. The maximum absolute atomic E-state index is 13.8. The summed E-state index contributed by atoms with van der Waals surface area (Å²) in [6.07, 6.45) is -3.25. The fourth-order valence-electron chi connectivity index (χ4n) is 4.97. The molecule has 2 heterocycles. The molecule has 0 radical (unpaired) electrons. The van der Waals surface area contributed by atoms with Gasteiger partial charge in [0.1, 0.15) is 24.0 Å². The lowest BCUT2D eigenvalue weighted by Gasteiger charge is -2.22. The van der Waals surface area contributed by atoms with E-state index in [0.717, 1.165) is 17.7 Å². The standard InChI is InChI=1S/C33H30F4N6O3/c1-19(2)27(29(38)44)40-31(45)25-16-39-32(46-18-20-8-12-23(13-9-20)33(35,36)37)41-30(25)43-17-26(21-6-4-3-5-7-21)28(42-43)22-10-14-24(34)15-11-22/h3-16,19,26-27H,17-18H2,1-2H3,(H2,38,44)(H,40,45)/t26-,27?/m1/s1. The van der Waals surface area contributed by atoms with Gasteiger partial charge in [-0.05, 0) is 46.9 Å². The Bertz CT molecular complexity index is 1730. The molecule has 0 aliphatic carbocycles. The summed E-state index contributed by atoms with van der Waals surface area (Å²) in [7, 11) is 0. The number of alkyl halides is 3. The molecule has 3 N–H and O–H groups in total. The van der Waals surface area contributed by atoms with Gasteiger partial charge in [-0.15, -0.1) is 0 Å². The van der Waals surface area contributed by atoms with Gasteiger partial charge in [0.2, 0.25) is 5.91 Å². The molecule has 0 saturated heterocycles. The number of hydrogen-bond donors (Lipinski definition) is 2. The largest absolute Gasteiger partial charge is 0.459 e. The van der Waals surface area contributed by atoms with Crippen molar-refractivity contribution in [3.63, 3.8) is 0 Å². The summed E-state index contributed by atoms with van der Waals surface area (Å²) >= 11 is 0. The van der Waals surface area contributed by atoms with Crippen molar-refractivity contribution < 1.29 is 31.9 Å². The summed E-state index contributed by atoms with van der Waals surface area (Å²) in [5.74, 6) is -2.36. The molecule has 0 bridgehead atoms. The number of aromatic nitrogens is 2. The topological polar surface area (TPSA) is 123 Å². The second kappa shape index (κ2) is 13.3. The van der Waals surface area contributed by atoms with Gasteiger partial charge in [0.05, 0.1) is 17.8 Å². The van der Waals surface area contributed by atoms with Gasteiger partial charge in [-0.3, -0.25) is 9.59 Å². The first-order valence-corrected chi connectivity index (χ1v) is 14.3. The monoisotopic (exact) mass is 634 g/mol. The second-order valence-electron chi connectivity index (χ2n) is 11.0. The molecule has 0 saturated carbocycles. The van der Waals surface area contributed by atoms with E-state index in [1.807, 2.05) is 30.3 Å². The Kier molecular flexibility index (Phi) is 9.31. The number of anilines is 1. The second-order valence-corrected chi connectivity index (χ2v) is 11.0. The highest BCUT2D eigenvalue weighted by atomic mass is 19.4. The van der Waals surface area contributed by atoms with Crippen molar-refractivity contribution in [1.29, 1.82) is 0 Å². The number of nitrogens with one attached hydrogen (secondary N) is 1. The van der Waals surface area contributed by atoms with Crippen LogP contribution in [-0.4, -0.2) is 40.1 Å². The first-order chi connectivity index (χ1) is 21.9. The van der Waals surface area contributed by atoms with Crippen LogP contribution in [0.15, 0.2) is 90.2 Å². The Morgan fingerprint density at radius 3 is 2.30 bits per heavy atom. The fourth-order valence-corrected chi connectivity index (χ4v) is 4.97. The van der Waals surface area contributed by atoms with Crippen LogP contribution in [0, 0.1) is 11.7 Å². The Morgan fingerprint density at radius 2 is 1.70 bits per heavy atom. The summed E-state index contributed by atoms with van der Waals surface area (Å²) in [4.78, 5) is 34.2. The van der Waals surface area contributed by atoms with Gasteiger partial charge in [0, 0.05) is 12.1 Å². The van der Waals surface area contributed by atoms with Crippen molar-refractivity contribution in [2.45, 2.75) is 38.6 Å². The summed E-state index contributed by atoms with van der Waals surface area (Å²) in [6.45, 7) is 3.54. The number of benzene rings is 3. The van der Waals surface area contributed by atoms with Crippen molar-refractivity contribution in [2.75, 3.05) is 11.6 Å². The third-order valence-corrected chi connectivity index (χ3v) is 7.40. The Balaban J connectivity index is 1.52. The van der Waals surface area contributed by atoms with E-state index >= 15 is 0 Å². The third kappa shape index (κ3) is 7.31. The van der Waals surface area contributed by atoms with Crippen LogP contribution in [0.5, 0.6) is 6.01 Å². The number of carbonyl (C=O) groups excluding carboxylic acids is 2. The van der Waals surface area contributed by atoms with Crippen molar-refractivity contribution in [3.8, 4) is 6.01 Å². The van der Waals surface area contributed by atoms with E-state index in [1.165, 1.54) is 35.5 Å². The maximum atomic E-state index is 13.8. The highest BCUT2D eigenvalue weighted by molar-refractivity contribution is 6.08. The number of primary amides is 1. The zero-order valence-corrected chi connectivity index (χ0v) is 24.8. The van der Waals surface area contributed by atoms with Crippen molar-refractivity contribution in [2.24, 2.45) is 16.8 Å². The van der Waals surface area contributed by atoms with Crippen molar-refractivity contribution in [1.82, 2.24) is 15.3 Å². The summed E-state index contributed by atoms with van der Waals surface area (Å²) in [6, 6.07) is 18.7. The van der Waals surface area contributed by atoms with Gasteiger partial charge in [-0.25, -0.2) is 14.4 Å². The number of ether oxygens (including phenoxy) is 1. The molecule has 238 valence electrons. The van der Waals surface area contributed by atoms with Gasteiger partial charge >= 0.3 is 12.2 Å². The minimum absolute atomic E-state index is 0.0234. The molecule has 1 aliphatic rings. The number of amides is 2. The smallest absolute Gasteiger partial charge is 0.416 e. The number of hydrogen-bond acceptors (Lipinski definition) is 7.